The van der Waals surface area contributed by atoms with Crippen molar-refractivity contribution in [2.24, 2.45) is 5.73 Å². The highest BCUT2D eigenvalue weighted by Gasteiger charge is 2.16. The highest BCUT2D eigenvalue weighted by atomic mass is 16.2. The van der Waals surface area contributed by atoms with Crippen molar-refractivity contribution < 1.29 is 9.59 Å². The highest BCUT2D eigenvalue weighted by molar-refractivity contribution is 5.96. The van der Waals surface area contributed by atoms with Gasteiger partial charge in [0.25, 0.3) is 0 Å². The number of rotatable bonds is 9. The van der Waals surface area contributed by atoms with E-state index >= 15 is 0 Å². The number of nitrogens with zero attached hydrogens (tertiary/aromatic N) is 1. The van der Waals surface area contributed by atoms with Crippen LogP contribution in [0, 0.1) is 0 Å². The van der Waals surface area contributed by atoms with Gasteiger partial charge in [-0.3, -0.25) is 10.1 Å². The second kappa shape index (κ2) is 9.75. The molecule has 0 saturated heterocycles. The number of imide groups is 1. The molecule has 112 valence electrons. The van der Waals surface area contributed by atoms with Gasteiger partial charge in [0.2, 0.25) is 5.91 Å². The van der Waals surface area contributed by atoms with Crippen molar-refractivity contribution in [2.45, 2.75) is 52.6 Å². The molecule has 6 heteroatoms. The second-order valence-corrected chi connectivity index (χ2v) is 4.81. The van der Waals surface area contributed by atoms with Gasteiger partial charge in [0.05, 0.1) is 6.04 Å². The van der Waals surface area contributed by atoms with Crippen molar-refractivity contribution in [3.05, 3.63) is 0 Å². The molecule has 19 heavy (non-hydrogen) atoms. The van der Waals surface area contributed by atoms with Gasteiger partial charge in [0.1, 0.15) is 0 Å². The maximum atomic E-state index is 11.5. The first-order valence-corrected chi connectivity index (χ1v) is 6.99. The zero-order valence-electron chi connectivity index (χ0n) is 12.5. The van der Waals surface area contributed by atoms with Crippen molar-refractivity contribution in [3.63, 3.8) is 0 Å². The van der Waals surface area contributed by atoms with Crippen LogP contribution >= 0.6 is 0 Å². The largest absolute Gasteiger partial charge is 0.351 e. The fourth-order valence-electron chi connectivity index (χ4n) is 1.98. The number of hydrogen-bond acceptors (Lipinski definition) is 4. The summed E-state index contributed by atoms with van der Waals surface area (Å²) < 4.78 is 0. The Morgan fingerprint density at radius 2 is 1.79 bits per heavy atom. The van der Waals surface area contributed by atoms with Crippen LogP contribution in [0.3, 0.4) is 0 Å². The summed E-state index contributed by atoms with van der Waals surface area (Å²) in [6.07, 6.45) is 2.07. The number of nitrogens with one attached hydrogen (secondary N) is 2. The van der Waals surface area contributed by atoms with Crippen LogP contribution in [0.25, 0.3) is 0 Å². The predicted octanol–water partition coefficient (Wildman–Crippen LogP) is 0.670. The normalized spacial score (nSPS) is 14.2. The molecule has 0 spiro atoms. The Bertz CT molecular complexity index is 280. The average molecular weight is 272 g/mol. The van der Waals surface area contributed by atoms with Crippen LogP contribution in [-0.4, -0.2) is 48.6 Å². The summed E-state index contributed by atoms with van der Waals surface area (Å²) in [6.45, 7) is 11.3. The Labute approximate surface area is 116 Å². The van der Waals surface area contributed by atoms with Crippen molar-refractivity contribution >= 4 is 11.9 Å². The molecular formula is C13H28N4O2. The summed E-state index contributed by atoms with van der Waals surface area (Å²) in [4.78, 5) is 24.4. The molecule has 0 heterocycles. The van der Waals surface area contributed by atoms with E-state index in [1.54, 1.807) is 6.92 Å². The first kappa shape index (κ1) is 17.9. The summed E-state index contributed by atoms with van der Waals surface area (Å²) in [6, 6.07) is -1.01. The average Bonchev–Trinajstić information content (AvgIpc) is 2.33. The lowest BCUT2D eigenvalue weighted by atomic mass is 10.1. The predicted molar refractivity (Wildman–Crippen MR) is 76.8 cm³/mol. The van der Waals surface area contributed by atoms with Gasteiger partial charge in [-0.05, 0) is 46.3 Å². The maximum Gasteiger partial charge on any atom is 0.318 e. The Morgan fingerprint density at radius 1 is 1.21 bits per heavy atom. The van der Waals surface area contributed by atoms with Gasteiger partial charge in [0.15, 0.2) is 0 Å². The molecule has 0 bridgehead atoms. The van der Waals surface area contributed by atoms with Crippen molar-refractivity contribution in [2.75, 3.05) is 19.6 Å². The maximum absolute atomic E-state index is 11.5. The molecule has 0 aromatic rings. The van der Waals surface area contributed by atoms with E-state index in [2.05, 4.69) is 29.4 Å². The number of primary amides is 1. The molecule has 2 atom stereocenters. The van der Waals surface area contributed by atoms with Gasteiger partial charge in [0, 0.05) is 6.04 Å². The van der Waals surface area contributed by atoms with Crippen LogP contribution in [0.4, 0.5) is 4.79 Å². The van der Waals surface area contributed by atoms with Crippen LogP contribution < -0.4 is 16.4 Å². The van der Waals surface area contributed by atoms with Crippen LogP contribution in [0.2, 0.25) is 0 Å². The number of nitrogens with two attached hydrogens (primary N) is 1. The van der Waals surface area contributed by atoms with Crippen molar-refractivity contribution in [1.82, 2.24) is 15.5 Å². The quantitative estimate of drug-likeness (QED) is 0.576. The lowest BCUT2D eigenvalue weighted by molar-refractivity contribution is -0.121. The zero-order valence-corrected chi connectivity index (χ0v) is 12.5. The zero-order chi connectivity index (χ0) is 14.8. The van der Waals surface area contributed by atoms with E-state index in [-0.39, 0.29) is 11.9 Å². The van der Waals surface area contributed by atoms with Gasteiger partial charge >= 0.3 is 6.03 Å². The summed E-state index contributed by atoms with van der Waals surface area (Å²) >= 11 is 0. The second-order valence-electron chi connectivity index (χ2n) is 4.81. The third-order valence-corrected chi connectivity index (χ3v) is 3.18. The summed E-state index contributed by atoms with van der Waals surface area (Å²) in [5.41, 5.74) is 4.90. The number of carbonyl (C=O) groups excluding carboxylic acids is 2. The van der Waals surface area contributed by atoms with E-state index < -0.39 is 12.1 Å². The van der Waals surface area contributed by atoms with E-state index in [9.17, 15) is 9.59 Å². The number of carbonyl (C=O) groups is 2. The molecule has 0 aromatic heterocycles. The number of urea groups is 1. The molecule has 0 aliphatic rings. The topological polar surface area (TPSA) is 87.5 Å². The smallest absolute Gasteiger partial charge is 0.318 e. The fourth-order valence-corrected chi connectivity index (χ4v) is 1.98. The summed E-state index contributed by atoms with van der Waals surface area (Å²) in [7, 11) is 0. The number of amides is 3. The third-order valence-electron chi connectivity index (χ3n) is 3.18. The molecule has 0 saturated carbocycles. The monoisotopic (exact) mass is 272 g/mol. The minimum atomic E-state index is -0.812. The molecule has 0 rings (SSSR count). The Balaban J connectivity index is 3.87. The molecule has 0 fully saturated rings. The Morgan fingerprint density at radius 3 is 2.26 bits per heavy atom. The van der Waals surface area contributed by atoms with Gasteiger partial charge in [-0.15, -0.1) is 0 Å². The van der Waals surface area contributed by atoms with E-state index in [4.69, 9.17) is 5.73 Å². The Kier molecular flexibility index (Phi) is 9.16. The minimum absolute atomic E-state index is 0.226. The molecule has 0 aliphatic carbocycles. The van der Waals surface area contributed by atoms with Gasteiger partial charge in [-0.1, -0.05) is 13.8 Å². The molecule has 3 amide bonds. The van der Waals surface area contributed by atoms with Gasteiger partial charge in [-0.2, -0.15) is 0 Å². The van der Waals surface area contributed by atoms with Crippen molar-refractivity contribution in [3.8, 4) is 0 Å². The van der Waals surface area contributed by atoms with E-state index in [1.165, 1.54) is 0 Å². The molecule has 0 radical (unpaired) electrons. The SMILES string of the molecule is CCN(CC)CCCC(C)NC(C)C(=O)NC(N)=O. The van der Waals surface area contributed by atoms with E-state index in [0.29, 0.717) is 0 Å². The summed E-state index contributed by atoms with van der Waals surface area (Å²) in [5.74, 6) is -0.386. The highest BCUT2D eigenvalue weighted by Crippen LogP contribution is 2.01. The standard InChI is InChI=1S/C13H28N4O2/c1-5-17(6-2)9-7-8-10(3)15-11(4)12(18)16-13(14)19/h10-11,15H,5-9H2,1-4H3,(H3,14,16,18,19). The molecule has 2 unspecified atom stereocenters. The lowest BCUT2D eigenvalue weighted by Gasteiger charge is -2.21. The summed E-state index contributed by atoms with van der Waals surface area (Å²) in [5, 5.41) is 5.23. The Hall–Kier alpha value is -1.14. The molecule has 0 aromatic carbocycles. The minimum Gasteiger partial charge on any atom is -0.351 e. The van der Waals surface area contributed by atoms with E-state index in [0.717, 1.165) is 32.5 Å². The number of hydrogen-bond donors (Lipinski definition) is 3. The third kappa shape index (κ3) is 8.56. The van der Waals surface area contributed by atoms with E-state index in [1.807, 2.05) is 6.92 Å². The van der Waals surface area contributed by atoms with Crippen LogP contribution in [-0.2, 0) is 4.79 Å². The molecule has 0 aliphatic heterocycles. The van der Waals surface area contributed by atoms with Crippen LogP contribution in [0.1, 0.15) is 40.5 Å². The molecule has 6 nitrogen and oxygen atoms in total. The first-order valence-electron chi connectivity index (χ1n) is 6.99. The van der Waals surface area contributed by atoms with Crippen LogP contribution in [0.15, 0.2) is 0 Å². The van der Waals surface area contributed by atoms with Gasteiger partial charge in [-0.25, -0.2) is 4.79 Å². The van der Waals surface area contributed by atoms with Gasteiger partial charge < -0.3 is 16.0 Å². The van der Waals surface area contributed by atoms with Crippen molar-refractivity contribution in [1.29, 1.82) is 0 Å². The first-order chi connectivity index (χ1) is 8.90. The molecular weight excluding hydrogens is 244 g/mol. The lowest BCUT2D eigenvalue weighted by Crippen LogP contribution is -2.48. The fraction of sp³-hybridized carbons (Fsp3) is 0.846. The molecule has 4 N–H and O–H groups in total. The van der Waals surface area contributed by atoms with Crippen LogP contribution in [0.5, 0.6) is 0 Å².